The van der Waals surface area contributed by atoms with Crippen LogP contribution in [0.1, 0.15) is 28.5 Å². The highest BCUT2D eigenvalue weighted by atomic mass is 32.2. The SMILES string of the molecule is CNc1cc(F)ccc1C(=N)c1cnc2c(n1)c(C(=O)N[C@H](C)C1=NCCO1)cn2SF. The number of ether oxygens (including phenoxy) is 1. The van der Waals surface area contributed by atoms with Gasteiger partial charge in [0, 0.05) is 24.5 Å². The second-order valence-electron chi connectivity index (χ2n) is 6.94. The lowest BCUT2D eigenvalue weighted by Gasteiger charge is -2.13. The zero-order valence-corrected chi connectivity index (χ0v) is 18.0. The summed E-state index contributed by atoms with van der Waals surface area (Å²) in [5, 5.41) is 14.1. The maximum Gasteiger partial charge on any atom is 0.255 e. The Kier molecular flexibility index (Phi) is 6.04. The highest BCUT2D eigenvalue weighted by molar-refractivity contribution is 7.92. The predicted molar refractivity (Wildman–Crippen MR) is 119 cm³/mol. The van der Waals surface area contributed by atoms with Crippen LogP contribution in [0.2, 0.25) is 0 Å². The maximum absolute atomic E-state index is 13.6. The molecule has 0 unspecified atom stereocenters. The number of hydrogen-bond acceptors (Lipinski definition) is 8. The van der Waals surface area contributed by atoms with E-state index in [0.29, 0.717) is 30.3 Å². The molecular weight excluding hydrogens is 440 g/mol. The van der Waals surface area contributed by atoms with E-state index in [9.17, 15) is 13.1 Å². The number of fused-ring (bicyclic) bond motifs is 1. The van der Waals surface area contributed by atoms with Gasteiger partial charge in [-0.3, -0.25) is 15.2 Å². The first-order chi connectivity index (χ1) is 15.4. The standard InChI is InChI=1S/C20H19F2N7O2S/c1-10(20-25-5-6-31-20)27-19(30)13-9-29(32-22)18-17(13)28-15(8-26-18)16(23)12-4-3-11(21)7-14(12)24-2/h3-4,7-10,23-24H,5-6H2,1-2H3,(H,27,30)/t10-/m1/s1. The monoisotopic (exact) mass is 459 g/mol. The Morgan fingerprint density at radius 3 is 2.88 bits per heavy atom. The van der Waals surface area contributed by atoms with E-state index in [2.05, 4.69) is 25.6 Å². The fourth-order valence-corrected chi connectivity index (χ4v) is 3.68. The quantitative estimate of drug-likeness (QED) is 0.468. The molecule has 32 heavy (non-hydrogen) atoms. The van der Waals surface area contributed by atoms with Crippen LogP contribution in [0.5, 0.6) is 0 Å². The van der Waals surface area contributed by atoms with Gasteiger partial charge in [-0.2, -0.15) is 0 Å². The molecule has 3 aromatic rings. The van der Waals surface area contributed by atoms with Crippen molar-refractivity contribution in [3.63, 3.8) is 0 Å². The molecule has 4 rings (SSSR count). The minimum absolute atomic E-state index is 0.0298. The van der Waals surface area contributed by atoms with E-state index in [1.807, 2.05) is 0 Å². The van der Waals surface area contributed by atoms with Crippen molar-refractivity contribution in [2.24, 2.45) is 4.99 Å². The zero-order chi connectivity index (χ0) is 22.8. The van der Waals surface area contributed by atoms with Crippen LogP contribution in [0.25, 0.3) is 11.2 Å². The molecule has 1 aliphatic rings. The summed E-state index contributed by atoms with van der Waals surface area (Å²) in [5.74, 6) is -0.538. The third-order valence-electron chi connectivity index (χ3n) is 4.89. The van der Waals surface area contributed by atoms with Crippen molar-refractivity contribution >= 4 is 46.7 Å². The topological polar surface area (TPSA) is 117 Å². The van der Waals surface area contributed by atoms with Crippen molar-refractivity contribution in [3.05, 3.63) is 53.2 Å². The predicted octanol–water partition coefficient (Wildman–Crippen LogP) is 2.96. The third-order valence-corrected chi connectivity index (χ3v) is 5.31. The van der Waals surface area contributed by atoms with E-state index < -0.39 is 17.8 Å². The van der Waals surface area contributed by atoms with Crippen LogP contribution in [0.4, 0.5) is 14.0 Å². The number of nitrogens with one attached hydrogen (secondary N) is 3. The van der Waals surface area contributed by atoms with Gasteiger partial charge in [-0.25, -0.2) is 18.3 Å². The molecule has 1 atom stereocenters. The van der Waals surface area contributed by atoms with E-state index in [4.69, 9.17) is 10.1 Å². The van der Waals surface area contributed by atoms with Crippen LogP contribution in [-0.4, -0.2) is 57.7 Å². The van der Waals surface area contributed by atoms with E-state index in [-0.39, 0.29) is 40.5 Å². The van der Waals surface area contributed by atoms with Gasteiger partial charge in [-0.15, -0.1) is 3.89 Å². The number of amides is 1. The molecular formula is C20H19F2N7O2S. The number of aliphatic imine (C=N–C) groups is 1. The summed E-state index contributed by atoms with van der Waals surface area (Å²) >= 11 is -0.121. The Morgan fingerprint density at radius 1 is 1.38 bits per heavy atom. The lowest BCUT2D eigenvalue weighted by molar-refractivity contribution is 0.0947. The highest BCUT2D eigenvalue weighted by Gasteiger charge is 2.24. The number of rotatable bonds is 7. The third kappa shape index (κ3) is 4.00. The van der Waals surface area contributed by atoms with E-state index in [1.54, 1.807) is 14.0 Å². The molecule has 12 heteroatoms. The molecule has 0 fully saturated rings. The van der Waals surface area contributed by atoms with Crippen molar-refractivity contribution in [2.75, 3.05) is 25.5 Å². The van der Waals surface area contributed by atoms with Gasteiger partial charge in [0.2, 0.25) is 5.90 Å². The van der Waals surface area contributed by atoms with Crippen molar-refractivity contribution < 1.29 is 17.8 Å². The van der Waals surface area contributed by atoms with Gasteiger partial charge in [0.25, 0.3) is 5.91 Å². The number of anilines is 1. The average Bonchev–Trinajstić information content (AvgIpc) is 3.46. The largest absolute Gasteiger partial charge is 0.478 e. The van der Waals surface area contributed by atoms with Gasteiger partial charge in [0.1, 0.15) is 29.7 Å². The second-order valence-corrected chi connectivity index (χ2v) is 7.47. The molecule has 0 bridgehead atoms. The normalized spacial score (nSPS) is 14.1. The van der Waals surface area contributed by atoms with Crippen LogP contribution in [0, 0.1) is 11.2 Å². The van der Waals surface area contributed by atoms with Crippen LogP contribution < -0.4 is 10.6 Å². The average molecular weight is 459 g/mol. The Labute approximate surface area is 186 Å². The van der Waals surface area contributed by atoms with Gasteiger partial charge >= 0.3 is 0 Å². The highest BCUT2D eigenvalue weighted by Crippen LogP contribution is 2.25. The first-order valence-electron chi connectivity index (χ1n) is 9.64. The molecule has 0 saturated carbocycles. The van der Waals surface area contributed by atoms with E-state index in [1.165, 1.54) is 30.6 Å². The summed E-state index contributed by atoms with van der Waals surface area (Å²) in [5.41, 5.74) is 1.27. The van der Waals surface area contributed by atoms with Crippen molar-refractivity contribution in [1.82, 2.24) is 19.3 Å². The van der Waals surface area contributed by atoms with Gasteiger partial charge in [-0.1, -0.05) is 0 Å². The number of hydrogen-bond donors (Lipinski definition) is 3. The number of benzene rings is 1. The molecule has 0 aliphatic carbocycles. The Bertz CT molecular complexity index is 1240. The number of halogens is 2. The smallest absolute Gasteiger partial charge is 0.255 e. The van der Waals surface area contributed by atoms with Crippen LogP contribution in [-0.2, 0) is 4.74 Å². The van der Waals surface area contributed by atoms with Crippen LogP contribution >= 0.6 is 12.3 Å². The fraction of sp³-hybridized carbons (Fsp3) is 0.250. The van der Waals surface area contributed by atoms with E-state index >= 15 is 0 Å². The van der Waals surface area contributed by atoms with Crippen molar-refractivity contribution in [2.45, 2.75) is 13.0 Å². The molecule has 1 aromatic carbocycles. The minimum Gasteiger partial charge on any atom is -0.478 e. The lowest BCUT2D eigenvalue weighted by atomic mass is 10.1. The number of aromatic nitrogens is 3. The Morgan fingerprint density at radius 2 is 2.19 bits per heavy atom. The van der Waals surface area contributed by atoms with Gasteiger partial charge < -0.3 is 15.4 Å². The summed E-state index contributed by atoms with van der Waals surface area (Å²) in [6.45, 7) is 2.72. The number of nitrogens with zero attached hydrogens (tertiary/aromatic N) is 4. The molecule has 0 radical (unpaired) electrons. The zero-order valence-electron chi connectivity index (χ0n) is 17.1. The van der Waals surface area contributed by atoms with Crippen LogP contribution in [0.15, 0.2) is 35.6 Å². The summed E-state index contributed by atoms with van der Waals surface area (Å²) in [6.07, 6.45) is 2.60. The summed E-state index contributed by atoms with van der Waals surface area (Å²) in [6, 6.07) is 3.48. The first-order valence-corrected chi connectivity index (χ1v) is 10.3. The van der Waals surface area contributed by atoms with Crippen LogP contribution in [0.3, 0.4) is 0 Å². The molecule has 3 heterocycles. The molecule has 0 saturated heterocycles. The number of carbonyl (C=O) groups is 1. The summed E-state index contributed by atoms with van der Waals surface area (Å²) < 4.78 is 33.5. The van der Waals surface area contributed by atoms with Gasteiger partial charge in [0.05, 0.1) is 24.0 Å². The van der Waals surface area contributed by atoms with Crippen molar-refractivity contribution in [3.8, 4) is 0 Å². The Balaban J connectivity index is 1.71. The minimum atomic E-state index is -0.510. The van der Waals surface area contributed by atoms with Crippen molar-refractivity contribution in [1.29, 1.82) is 5.41 Å². The lowest BCUT2D eigenvalue weighted by Crippen LogP contribution is -2.38. The van der Waals surface area contributed by atoms with Gasteiger partial charge in [-0.05, 0) is 25.1 Å². The molecule has 1 aliphatic heterocycles. The maximum atomic E-state index is 13.6. The second kappa shape index (κ2) is 8.91. The fourth-order valence-electron chi connectivity index (χ4n) is 3.33. The molecule has 2 aromatic heterocycles. The van der Waals surface area contributed by atoms with E-state index in [0.717, 1.165) is 3.97 Å². The van der Waals surface area contributed by atoms with Gasteiger partial charge in [0.15, 0.2) is 18.0 Å². The summed E-state index contributed by atoms with van der Waals surface area (Å²) in [4.78, 5) is 25.7. The Hall–Kier alpha value is -3.54. The molecule has 1 amide bonds. The molecule has 9 nitrogen and oxygen atoms in total. The molecule has 0 spiro atoms. The first kappa shape index (κ1) is 21.7. The molecule has 166 valence electrons. The molecule has 3 N–H and O–H groups in total. The summed E-state index contributed by atoms with van der Waals surface area (Å²) in [7, 11) is 1.61. The number of carbonyl (C=O) groups excluding carboxylic acids is 1.